The molecular weight excluding hydrogens is 125 g/mol. The molecular formula is C5H8FNO2. The molecule has 9 heavy (non-hydrogen) atoms. The van der Waals surface area contributed by atoms with Gasteiger partial charge in [0.2, 0.25) is 5.91 Å². The Labute approximate surface area is 52.1 Å². The average Bonchev–Trinajstić information content (AvgIpc) is 2.50. The highest BCUT2D eigenvalue weighted by Gasteiger charge is 2.22. The molecule has 0 aromatic heterocycles. The fraction of sp³-hybridized carbons (Fsp3) is 0.800. The van der Waals surface area contributed by atoms with Crippen molar-refractivity contribution in [2.45, 2.75) is 18.9 Å². The predicted molar refractivity (Wildman–Crippen MR) is 28.2 cm³/mol. The van der Waals surface area contributed by atoms with E-state index < -0.39 is 6.61 Å². The highest BCUT2D eigenvalue weighted by molar-refractivity contribution is 5.77. The Kier molecular flexibility index (Phi) is 2.00. The van der Waals surface area contributed by atoms with Crippen LogP contribution < -0.4 is 5.32 Å². The fourth-order valence-corrected chi connectivity index (χ4v) is 0.547. The number of halogens is 1. The summed E-state index contributed by atoms with van der Waals surface area (Å²) in [5, 5.41) is 2.55. The summed E-state index contributed by atoms with van der Waals surface area (Å²) in [6.45, 7) is -0.476. The molecule has 0 aromatic carbocycles. The summed E-state index contributed by atoms with van der Waals surface area (Å²) in [6.07, 6.45) is 2.02. The van der Waals surface area contributed by atoms with Crippen molar-refractivity contribution in [1.82, 2.24) is 5.32 Å². The van der Waals surface area contributed by atoms with Crippen LogP contribution in [0.4, 0.5) is 4.53 Å². The molecule has 1 aliphatic carbocycles. The van der Waals surface area contributed by atoms with E-state index in [0.29, 0.717) is 0 Å². The molecule has 0 atom stereocenters. The summed E-state index contributed by atoms with van der Waals surface area (Å²) in [5.41, 5.74) is 0. The van der Waals surface area contributed by atoms with Crippen LogP contribution in [0, 0.1) is 0 Å². The SMILES string of the molecule is O=C(COF)NC1CC1. The maximum absolute atomic E-state index is 11.0. The third-order valence-corrected chi connectivity index (χ3v) is 1.13. The van der Waals surface area contributed by atoms with Gasteiger partial charge in [-0.25, -0.2) is 0 Å². The van der Waals surface area contributed by atoms with Crippen LogP contribution in [0.15, 0.2) is 0 Å². The van der Waals surface area contributed by atoms with Gasteiger partial charge < -0.3 is 5.32 Å². The first-order valence-electron chi connectivity index (χ1n) is 2.86. The van der Waals surface area contributed by atoms with E-state index in [4.69, 9.17) is 0 Å². The van der Waals surface area contributed by atoms with Gasteiger partial charge in [0.1, 0.15) is 0 Å². The van der Waals surface area contributed by atoms with Crippen molar-refractivity contribution >= 4 is 5.91 Å². The molecule has 4 heteroatoms. The summed E-state index contributed by atoms with van der Waals surface area (Å²) in [6, 6.07) is 0.285. The molecule has 1 aliphatic rings. The van der Waals surface area contributed by atoms with Crippen LogP contribution in [-0.4, -0.2) is 18.6 Å². The summed E-state index contributed by atoms with van der Waals surface area (Å²) in [7, 11) is 0. The van der Waals surface area contributed by atoms with Gasteiger partial charge in [-0.1, -0.05) is 0 Å². The van der Waals surface area contributed by atoms with Crippen LogP contribution in [0.2, 0.25) is 0 Å². The van der Waals surface area contributed by atoms with E-state index >= 15 is 0 Å². The van der Waals surface area contributed by atoms with Gasteiger partial charge in [-0.3, -0.25) is 4.79 Å². The predicted octanol–water partition coefficient (Wildman–Crippen LogP) is 0.166. The lowest BCUT2D eigenvalue weighted by atomic mass is 10.6. The first-order valence-corrected chi connectivity index (χ1v) is 2.86. The Balaban J connectivity index is 2.02. The number of rotatable bonds is 3. The van der Waals surface area contributed by atoms with Gasteiger partial charge >= 0.3 is 0 Å². The van der Waals surface area contributed by atoms with E-state index in [2.05, 4.69) is 10.3 Å². The molecule has 1 amide bonds. The quantitative estimate of drug-likeness (QED) is 0.595. The van der Waals surface area contributed by atoms with E-state index in [-0.39, 0.29) is 11.9 Å². The Morgan fingerprint density at radius 3 is 2.89 bits per heavy atom. The Hall–Kier alpha value is -0.640. The largest absolute Gasteiger partial charge is 0.351 e. The van der Waals surface area contributed by atoms with E-state index in [0.717, 1.165) is 12.8 Å². The summed E-state index contributed by atoms with van der Waals surface area (Å²) >= 11 is 0. The van der Waals surface area contributed by atoms with Crippen molar-refractivity contribution in [2.24, 2.45) is 0 Å². The van der Waals surface area contributed by atoms with Gasteiger partial charge in [-0.15, -0.1) is 0 Å². The zero-order chi connectivity index (χ0) is 6.69. The summed E-state index contributed by atoms with van der Waals surface area (Å²) < 4.78 is 11.0. The minimum atomic E-state index is -0.476. The van der Waals surface area contributed by atoms with Crippen molar-refractivity contribution in [3.05, 3.63) is 0 Å². The summed E-state index contributed by atoms with van der Waals surface area (Å²) in [5.74, 6) is -0.375. The van der Waals surface area contributed by atoms with Crippen molar-refractivity contribution in [1.29, 1.82) is 0 Å². The van der Waals surface area contributed by atoms with Gasteiger partial charge in [0.15, 0.2) is 6.61 Å². The second-order valence-electron chi connectivity index (χ2n) is 2.10. The van der Waals surface area contributed by atoms with Gasteiger partial charge in [0.25, 0.3) is 0 Å². The van der Waals surface area contributed by atoms with Crippen molar-refractivity contribution in [3.63, 3.8) is 0 Å². The standard InChI is InChI=1S/C5H8FNO2/c6-9-3-5(8)7-4-1-2-4/h4H,1-3H2,(H,7,8). The molecule has 0 bridgehead atoms. The fourth-order valence-electron chi connectivity index (χ4n) is 0.547. The second-order valence-corrected chi connectivity index (χ2v) is 2.10. The first-order chi connectivity index (χ1) is 4.33. The lowest BCUT2D eigenvalue weighted by molar-refractivity contribution is -0.156. The molecule has 1 rings (SSSR count). The number of nitrogens with one attached hydrogen (secondary N) is 1. The van der Waals surface area contributed by atoms with Crippen LogP contribution in [0.3, 0.4) is 0 Å². The van der Waals surface area contributed by atoms with Crippen LogP contribution in [0.5, 0.6) is 0 Å². The number of hydrogen-bond acceptors (Lipinski definition) is 2. The Morgan fingerprint density at radius 1 is 1.78 bits per heavy atom. The minimum absolute atomic E-state index is 0.285. The van der Waals surface area contributed by atoms with E-state index in [1.165, 1.54) is 0 Å². The monoisotopic (exact) mass is 133 g/mol. The Bertz CT molecular complexity index is 114. The molecule has 0 aliphatic heterocycles. The zero-order valence-electron chi connectivity index (χ0n) is 4.89. The molecule has 3 nitrogen and oxygen atoms in total. The molecule has 1 N–H and O–H groups in total. The highest BCUT2D eigenvalue weighted by Crippen LogP contribution is 2.18. The van der Waals surface area contributed by atoms with Crippen molar-refractivity contribution in [2.75, 3.05) is 6.61 Å². The van der Waals surface area contributed by atoms with Crippen molar-refractivity contribution < 1.29 is 14.3 Å². The molecule has 1 saturated carbocycles. The van der Waals surface area contributed by atoms with Crippen LogP contribution >= 0.6 is 0 Å². The van der Waals surface area contributed by atoms with E-state index in [1.807, 2.05) is 0 Å². The Morgan fingerprint density at radius 2 is 2.44 bits per heavy atom. The van der Waals surface area contributed by atoms with Gasteiger partial charge in [-0.2, -0.15) is 4.94 Å². The molecule has 0 heterocycles. The lowest BCUT2D eigenvalue weighted by Gasteiger charge is -1.96. The third-order valence-electron chi connectivity index (χ3n) is 1.13. The number of carbonyl (C=O) groups is 1. The first kappa shape index (κ1) is 6.48. The molecule has 0 aromatic rings. The van der Waals surface area contributed by atoms with Gasteiger partial charge in [0, 0.05) is 6.04 Å². The van der Waals surface area contributed by atoms with Crippen LogP contribution in [-0.2, 0) is 9.74 Å². The summed E-state index contributed by atoms with van der Waals surface area (Å²) in [4.78, 5) is 13.5. The zero-order valence-corrected chi connectivity index (χ0v) is 4.89. The molecule has 0 radical (unpaired) electrons. The van der Waals surface area contributed by atoms with Crippen LogP contribution in [0.1, 0.15) is 12.8 Å². The maximum Gasteiger partial charge on any atom is 0.249 e. The average molecular weight is 133 g/mol. The van der Waals surface area contributed by atoms with Crippen LogP contribution in [0.25, 0.3) is 0 Å². The number of carbonyl (C=O) groups excluding carboxylic acids is 1. The van der Waals surface area contributed by atoms with Gasteiger partial charge in [0.05, 0.1) is 0 Å². The highest BCUT2D eigenvalue weighted by atomic mass is 19.3. The lowest BCUT2D eigenvalue weighted by Crippen LogP contribution is -2.28. The number of amides is 1. The second kappa shape index (κ2) is 2.77. The molecule has 52 valence electrons. The topological polar surface area (TPSA) is 38.3 Å². The van der Waals surface area contributed by atoms with E-state index in [9.17, 15) is 9.32 Å². The normalized spacial score (nSPS) is 17.4. The molecule has 0 unspecified atom stereocenters. The molecule has 0 saturated heterocycles. The van der Waals surface area contributed by atoms with Gasteiger partial charge in [-0.05, 0) is 17.4 Å². The number of hydrogen-bond donors (Lipinski definition) is 1. The van der Waals surface area contributed by atoms with E-state index in [1.54, 1.807) is 0 Å². The smallest absolute Gasteiger partial charge is 0.249 e. The van der Waals surface area contributed by atoms with Crippen molar-refractivity contribution in [3.8, 4) is 0 Å². The third kappa shape index (κ3) is 2.41. The maximum atomic E-state index is 11.0. The molecule has 1 fully saturated rings. The minimum Gasteiger partial charge on any atom is -0.351 e. The molecule has 0 spiro atoms.